The third-order valence-corrected chi connectivity index (χ3v) is 11.7. The predicted molar refractivity (Wildman–Crippen MR) is 223 cm³/mol. The maximum atomic E-state index is 13.9. The first-order chi connectivity index (χ1) is 28.4. The van der Waals surface area contributed by atoms with Crippen LogP contribution in [-0.4, -0.2) is 79.6 Å². The van der Waals surface area contributed by atoms with Crippen LogP contribution in [0, 0.1) is 0 Å². The Bertz CT molecular complexity index is 2580. The van der Waals surface area contributed by atoms with Crippen LogP contribution in [-0.2, 0) is 25.9 Å². The van der Waals surface area contributed by atoms with Crippen LogP contribution in [0.25, 0.3) is 5.57 Å². The number of benzene rings is 5. The molecule has 10 rings (SSSR count). The minimum absolute atomic E-state index is 0.0822. The van der Waals surface area contributed by atoms with E-state index in [9.17, 15) is 9.59 Å². The lowest BCUT2D eigenvalue weighted by molar-refractivity contribution is 0.0696. The Labute approximate surface area is 336 Å². The number of fused-ring (bicyclic) bond motifs is 7. The van der Waals surface area contributed by atoms with Crippen LogP contribution in [0.15, 0.2) is 113 Å². The lowest BCUT2D eigenvalue weighted by Gasteiger charge is -2.34. The van der Waals surface area contributed by atoms with Gasteiger partial charge < -0.3 is 34.1 Å². The second kappa shape index (κ2) is 14.6. The Morgan fingerprint density at radius 1 is 0.621 bits per heavy atom. The molecule has 290 valence electrons. The van der Waals surface area contributed by atoms with E-state index < -0.39 is 0 Å². The van der Waals surface area contributed by atoms with E-state index in [1.54, 1.807) is 38.5 Å². The molecule has 0 saturated carbocycles. The molecule has 0 aromatic heterocycles. The van der Waals surface area contributed by atoms with E-state index >= 15 is 0 Å². The Balaban J connectivity index is 0.882. The van der Waals surface area contributed by atoms with Crippen molar-refractivity contribution in [3.63, 3.8) is 0 Å². The minimum atomic E-state index is -0.229. The summed E-state index contributed by atoms with van der Waals surface area (Å²) < 4.78 is 24.5. The Kier molecular flexibility index (Phi) is 8.92. The minimum Gasteiger partial charge on any atom is -0.493 e. The van der Waals surface area contributed by atoms with Crippen molar-refractivity contribution in [2.24, 2.45) is 9.98 Å². The van der Waals surface area contributed by atoms with Crippen molar-refractivity contribution >= 4 is 46.9 Å². The van der Waals surface area contributed by atoms with E-state index in [0.29, 0.717) is 65.0 Å². The van der Waals surface area contributed by atoms with Crippen LogP contribution in [0.2, 0.25) is 0 Å². The zero-order chi connectivity index (χ0) is 39.3. The van der Waals surface area contributed by atoms with Crippen LogP contribution >= 0.6 is 0 Å². The summed E-state index contributed by atoms with van der Waals surface area (Å²) in [5.41, 5.74) is 9.75. The molecule has 0 aliphatic carbocycles. The number of nitrogens with one attached hydrogen (secondary N) is 1. The van der Waals surface area contributed by atoms with Crippen molar-refractivity contribution in [2.45, 2.75) is 44.1 Å². The summed E-state index contributed by atoms with van der Waals surface area (Å²) in [4.78, 5) is 41.2. The van der Waals surface area contributed by atoms with E-state index in [-0.39, 0.29) is 43.2 Å². The summed E-state index contributed by atoms with van der Waals surface area (Å²) in [6, 6.07) is 31.1. The van der Waals surface area contributed by atoms with Gasteiger partial charge in [-0.1, -0.05) is 72.8 Å². The second-order valence-corrected chi connectivity index (χ2v) is 15.1. The Morgan fingerprint density at radius 2 is 1.14 bits per heavy atom. The molecule has 0 spiro atoms. The van der Waals surface area contributed by atoms with Crippen molar-refractivity contribution in [3.8, 4) is 23.0 Å². The van der Waals surface area contributed by atoms with Gasteiger partial charge in [-0.15, -0.1) is 0 Å². The molecule has 0 radical (unpaired) electrons. The van der Waals surface area contributed by atoms with Crippen LogP contribution in [0.5, 0.6) is 23.0 Å². The lowest BCUT2D eigenvalue weighted by atomic mass is 9.94. The Morgan fingerprint density at radius 3 is 1.71 bits per heavy atom. The fraction of sp³-hybridized carbons (Fsp3) is 0.234. The van der Waals surface area contributed by atoms with E-state index in [1.807, 2.05) is 64.7 Å². The molecule has 5 aromatic rings. The van der Waals surface area contributed by atoms with Gasteiger partial charge in [-0.3, -0.25) is 19.6 Å². The number of methoxy groups -OCH3 is 2. The standard InChI is InChI=1S/C47H41N5O6/c1-55-42-18-37-40(48-22-34-16-28-9-3-5-11-30(28)24-51(34)46(37)53)20-44(42)57-26-32-15-33(50-39-14-8-7-13-36(32)39)27-58-45-21-41-38(19-43(45)56-2)47(54)52-25-31-12-6-4-10-29(31)17-35(52)23-49-41/h3-15,18-23,33-35,50H,16-17,24-27H2,1-2H3/t33?,34-,35-/m0/s1. The van der Waals surface area contributed by atoms with E-state index in [2.05, 4.69) is 41.7 Å². The van der Waals surface area contributed by atoms with Crippen molar-refractivity contribution < 1.29 is 28.5 Å². The molecule has 0 fully saturated rings. The number of hydrogen-bond acceptors (Lipinski definition) is 9. The monoisotopic (exact) mass is 771 g/mol. The normalized spacial score (nSPS) is 19.7. The topological polar surface area (TPSA) is 114 Å². The maximum Gasteiger partial charge on any atom is 0.257 e. The first-order valence-corrected chi connectivity index (χ1v) is 19.5. The van der Waals surface area contributed by atoms with Gasteiger partial charge >= 0.3 is 0 Å². The van der Waals surface area contributed by atoms with Gasteiger partial charge in [-0.05, 0) is 58.9 Å². The first kappa shape index (κ1) is 35.5. The number of nitrogens with zero attached hydrogens (tertiary/aromatic N) is 4. The summed E-state index contributed by atoms with van der Waals surface area (Å²) in [6.45, 7) is 1.54. The number of carbonyl (C=O) groups excluding carboxylic acids is 2. The fourth-order valence-electron chi connectivity index (χ4n) is 8.66. The SMILES string of the molecule is COc1cc2c(cc1OCC1=CC(COc3cc4c(cc3OC)C(=O)N3Cc5ccccc5C[C@H]3C=N4)Nc3ccccc31)N=C[C@@H]1Cc3ccccc3CN1C2=O. The van der Waals surface area contributed by atoms with Crippen molar-refractivity contribution in [1.82, 2.24) is 9.80 Å². The number of hydrogen-bond donors (Lipinski definition) is 1. The largest absolute Gasteiger partial charge is 0.493 e. The van der Waals surface area contributed by atoms with Gasteiger partial charge in [0.2, 0.25) is 0 Å². The summed E-state index contributed by atoms with van der Waals surface area (Å²) in [5, 5.41) is 3.59. The highest BCUT2D eigenvalue weighted by Gasteiger charge is 2.35. The molecule has 5 aliphatic heterocycles. The van der Waals surface area contributed by atoms with Crippen LogP contribution in [0.1, 0.15) is 48.5 Å². The van der Waals surface area contributed by atoms with Gasteiger partial charge in [-0.2, -0.15) is 0 Å². The van der Waals surface area contributed by atoms with E-state index in [0.717, 1.165) is 34.4 Å². The Hall–Kier alpha value is -6.88. The van der Waals surface area contributed by atoms with Crippen molar-refractivity contribution in [3.05, 3.63) is 142 Å². The smallest absolute Gasteiger partial charge is 0.257 e. The number of rotatable bonds is 8. The van der Waals surface area contributed by atoms with Gasteiger partial charge in [-0.25, -0.2) is 0 Å². The molecule has 2 amide bonds. The van der Waals surface area contributed by atoms with Crippen molar-refractivity contribution in [2.75, 3.05) is 32.8 Å². The lowest BCUT2D eigenvalue weighted by Crippen LogP contribution is -2.44. The average Bonchev–Trinajstić information content (AvgIpc) is 3.48. The highest BCUT2D eigenvalue weighted by molar-refractivity contribution is 6.04. The molecule has 5 heterocycles. The quantitative estimate of drug-likeness (QED) is 0.173. The predicted octanol–water partition coefficient (Wildman–Crippen LogP) is 7.61. The molecule has 11 heteroatoms. The van der Waals surface area contributed by atoms with Gasteiger partial charge in [0, 0.05) is 48.9 Å². The third kappa shape index (κ3) is 6.32. The van der Waals surface area contributed by atoms with E-state index in [4.69, 9.17) is 28.9 Å². The van der Waals surface area contributed by atoms with Crippen LogP contribution < -0.4 is 24.3 Å². The van der Waals surface area contributed by atoms with Crippen LogP contribution in [0.3, 0.4) is 0 Å². The molecule has 0 saturated heterocycles. The zero-order valence-electron chi connectivity index (χ0n) is 32.2. The number of para-hydroxylation sites is 1. The summed E-state index contributed by atoms with van der Waals surface area (Å²) >= 11 is 0. The molecular formula is C47H41N5O6. The van der Waals surface area contributed by atoms with Crippen molar-refractivity contribution in [1.29, 1.82) is 0 Å². The summed E-state index contributed by atoms with van der Waals surface area (Å²) in [5.74, 6) is 1.73. The summed E-state index contributed by atoms with van der Waals surface area (Å²) in [7, 11) is 3.15. The molecule has 0 bridgehead atoms. The molecular weight excluding hydrogens is 731 g/mol. The van der Waals surface area contributed by atoms with Gasteiger partial charge in [0.05, 0.1) is 54.8 Å². The molecule has 58 heavy (non-hydrogen) atoms. The fourth-order valence-corrected chi connectivity index (χ4v) is 8.66. The molecule has 3 atom stereocenters. The maximum absolute atomic E-state index is 13.9. The highest BCUT2D eigenvalue weighted by atomic mass is 16.5. The number of carbonyl (C=O) groups is 2. The van der Waals surface area contributed by atoms with Gasteiger partial charge in [0.15, 0.2) is 23.0 Å². The average molecular weight is 772 g/mol. The third-order valence-electron chi connectivity index (χ3n) is 11.7. The number of anilines is 1. The number of aliphatic imine (C=N–C) groups is 2. The molecule has 5 aromatic carbocycles. The second-order valence-electron chi connectivity index (χ2n) is 15.1. The molecule has 1 N–H and O–H groups in total. The number of amides is 2. The number of ether oxygens (including phenoxy) is 4. The van der Waals surface area contributed by atoms with Crippen LogP contribution in [0.4, 0.5) is 17.1 Å². The summed E-state index contributed by atoms with van der Waals surface area (Å²) in [6.07, 6.45) is 7.28. The first-order valence-electron chi connectivity index (χ1n) is 19.5. The highest BCUT2D eigenvalue weighted by Crippen LogP contribution is 2.41. The van der Waals surface area contributed by atoms with Gasteiger partial charge in [0.25, 0.3) is 11.8 Å². The zero-order valence-corrected chi connectivity index (χ0v) is 32.2. The van der Waals surface area contributed by atoms with Gasteiger partial charge in [0.1, 0.15) is 13.2 Å². The molecule has 5 aliphatic rings. The molecule has 11 nitrogen and oxygen atoms in total. The van der Waals surface area contributed by atoms with E-state index in [1.165, 1.54) is 11.1 Å². The molecule has 1 unspecified atom stereocenters.